The fourth-order valence-corrected chi connectivity index (χ4v) is 3.12. The number of ether oxygens (including phenoxy) is 2. The third kappa shape index (κ3) is 4.37. The molecule has 1 aromatic carbocycles. The van der Waals surface area contributed by atoms with E-state index in [0.29, 0.717) is 17.0 Å². The Morgan fingerprint density at radius 1 is 1.18 bits per heavy atom. The van der Waals surface area contributed by atoms with Crippen LogP contribution in [0.25, 0.3) is 0 Å². The molecule has 2 rings (SSSR count). The van der Waals surface area contributed by atoms with Crippen LogP contribution < -0.4 is 11.1 Å². The van der Waals surface area contributed by atoms with Gasteiger partial charge in [-0.15, -0.1) is 0 Å². The van der Waals surface area contributed by atoms with E-state index >= 15 is 0 Å². The number of carbonyl (C=O) groups is 2. The molecule has 0 saturated heterocycles. The highest BCUT2D eigenvalue weighted by Crippen LogP contribution is 2.40. The van der Waals surface area contributed by atoms with Gasteiger partial charge in [0, 0.05) is 30.1 Å². The summed E-state index contributed by atoms with van der Waals surface area (Å²) in [6.45, 7) is 5.33. The summed E-state index contributed by atoms with van der Waals surface area (Å²) in [6, 6.07) is 5.81. The number of non-ortho nitro benzene ring substituents is 1. The summed E-state index contributed by atoms with van der Waals surface area (Å²) in [6.07, 6.45) is 0. The fourth-order valence-electron chi connectivity index (χ4n) is 3.12. The summed E-state index contributed by atoms with van der Waals surface area (Å²) < 4.78 is 10.3. The number of nitrogens with two attached hydrogens (primary N) is 1. The van der Waals surface area contributed by atoms with Crippen LogP contribution in [0.3, 0.4) is 0 Å². The molecule has 1 atom stereocenters. The molecular formula is C19H23N3O6. The molecule has 1 heterocycles. The number of allylic oxidation sites excluding steroid dienone is 2. The number of nitro benzene ring substituents is 1. The highest BCUT2D eigenvalue weighted by Gasteiger charge is 2.38. The smallest absolute Gasteiger partial charge is 0.336 e. The predicted molar refractivity (Wildman–Crippen MR) is 101 cm³/mol. The summed E-state index contributed by atoms with van der Waals surface area (Å²) in [5.74, 6) is -2.13. The van der Waals surface area contributed by atoms with Crippen molar-refractivity contribution in [3.05, 3.63) is 62.5 Å². The molecule has 1 aliphatic heterocycles. The molecule has 150 valence electrons. The molecule has 9 nitrogen and oxygen atoms in total. The average Bonchev–Trinajstić information content (AvgIpc) is 2.65. The predicted octanol–water partition coefficient (Wildman–Crippen LogP) is 1.89. The molecule has 1 aliphatic rings. The fraction of sp³-hybridized carbons (Fsp3) is 0.368. The first-order valence-electron chi connectivity index (χ1n) is 8.79. The van der Waals surface area contributed by atoms with E-state index in [1.54, 1.807) is 26.8 Å². The van der Waals surface area contributed by atoms with Crippen LogP contribution in [0.2, 0.25) is 0 Å². The molecule has 28 heavy (non-hydrogen) atoms. The van der Waals surface area contributed by atoms with Crippen LogP contribution in [0.15, 0.2) is 46.8 Å². The summed E-state index contributed by atoms with van der Waals surface area (Å²) in [5, 5.41) is 14.2. The van der Waals surface area contributed by atoms with E-state index in [2.05, 4.69) is 5.32 Å². The molecule has 0 spiro atoms. The molecule has 9 heteroatoms. The normalized spacial score (nSPS) is 16.5. The Hall–Kier alpha value is -3.20. The third-order valence-corrected chi connectivity index (χ3v) is 4.24. The number of esters is 2. The zero-order valence-corrected chi connectivity index (χ0v) is 16.0. The molecule has 0 amide bonds. The lowest BCUT2D eigenvalue weighted by Gasteiger charge is -2.30. The number of hydrogen-bond acceptors (Lipinski definition) is 8. The van der Waals surface area contributed by atoms with Gasteiger partial charge in [-0.1, -0.05) is 12.1 Å². The van der Waals surface area contributed by atoms with Gasteiger partial charge in [-0.2, -0.15) is 0 Å². The van der Waals surface area contributed by atoms with Gasteiger partial charge in [0.05, 0.1) is 28.6 Å². The van der Waals surface area contributed by atoms with Gasteiger partial charge in [0.15, 0.2) is 0 Å². The van der Waals surface area contributed by atoms with Crippen molar-refractivity contribution in [2.45, 2.75) is 26.7 Å². The quantitative estimate of drug-likeness (QED) is 0.410. The number of hydrogen-bond donors (Lipinski definition) is 2. The molecule has 0 bridgehead atoms. The number of benzene rings is 1. The maximum absolute atomic E-state index is 12.7. The zero-order valence-electron chi connectivity index (χ0n) is 16.0. The summed E-state index contributed by atoms with van der Waals surface area (Å²) in [5.41, 5.74) is 7.05. The van der Waals surface area contributed by atoms with Gasteiger partial charge in [0.2, 0.25) is 0 Å². The Morgan fingerprint density at radius 2 is 1.79 bits per heavy atom. The molecule has 0 radical (unpaired) electrons. The zero-order chi connectivity index (χ0) is 20.8. The standard InChI is InChI=1S/C19H23N3O6/c1-4-27-18(23)15-11(2)21-12(3)16(19(24)28-9-8-20)17(15)13-6-5-7-14(10-13)22(25)26/h5-7,10,17,21H,4,8-9,20H2,1-3H3. The highest BCUT2D eigenvalue weighted by atomic mass is 16.6. The number of nitrogens with one attached hydrogen (secondary N) is 1. The van der Waals surface area contributed by atoms with Crippen LogP contribution in [-0.2, 0) is 19.1 Å². The lowest BCUT2D eigenvalue weighted by Crippen LogP contribution is -2.33. The van der Waals surface area contributed by atoms with Gasteiger partial charge in [-0.05, 0) is 26.3 Å². The summed E-state index contributed by atoms with van der Waals surface area (Å²) in [7, 11) is 0. The van der Waals surface area contributed by atoms with E-state index in [9.17, 15) is 19.7 Å². The van der Waals surface area contributed by atoms with E-state index in [1.165, 1.54) is 18.2 Å². The van der Waals surface area contributed by atoms with Gasteiger partial charge in [-0.25, -0.2) is 9.59 Å². The second-order valence-corrected chi connectivity index (χ2v) is 6.13. The van der Waals surface area contributed by atoms with Crippen LogP contribution >= 0.6 is 0 Å². The molecule has 0 aromatic heterocycles. The number of carbonyl (C=O) groups excluding carboxylic acids is 2. The van der Waals surface area contributed by atoms with Crippen molar-refractivity contribution in [3.8, 4) is 0 Å². The van der Waals surface area contributed by atoms with E-state index in [-0.39, 0.29) is 36.6 Å². The number of dihydropyridines is 1. The molecule has 3 N–H and O–H groups in total. The number of nitro groups is 1. The lowest BCUT2D eigenvalue weighted by atomic mass is 9.80. The van der Waals surface area contributed by atoms with Crippen molar-refractivity contribution in [2.24, 2.45) is 5.73 Å². The van der Waals surface area contributed by atoms with Gasteiger partial charge >= 0.3 is 11.9 Å². The minimum Gasteiger partial charge on any atom is -0.463 e. The number of rotatable bonds is 7. The second kappa shape index (κ2) is 9.14. The largest absolute Gasteiger partial charge is 0.463 e. The van der Waals surface area contributed by atoms with Crippen molar-refractivity contribution in [1.82, 2.24) is 5.32 Å². The summed E-state index contributed by atoms with van der Waals surface area (Å²) in [4.78, 5) is 36.0. The lowest BCUT2D eigenvalue weighted by molar-refractivity contribution is -0.384. The van der Waals surface area contributed by atoms with Gasteiger partial charge in [0.1, 0.15) is 6.61 Å². The average molecular weight is 389 g/mol. The van der Waals surface area contributed by atoms with Gasteiger partial charge in [0.25, 0.3) is 5.69 Å². The Bertz CT molecular complexity index is 859. The maximum Gasteiger partial charge on any atom is 0.336 e. The third-order valence-electron chi connectivity index (χ3n) is 4.24. The molecule has 0 fully saturated rings. The van der Waals surface area contributed by atoms with Crippen molar-refractivity contribution in [3.63, 3.8) is 0 Å². The molecule has 0 aliphatic carbocycles. The van der Waals surface area contributed by atoms with Crippen LogP contribution in [0.5, 0.6) is 0 Å². The molecule has 1 aromatic rings. The van der Waals surface area contributed by atoms with Crippen molar-refractivity contribution in [2.75, 3.05) is 19.8 Å². The van der Waals surface area contributed by atoms with Crippen molar-refractivity contribution < 1.29 is 24.0 Å². The highest BCUT2D eigenvalue weighted by molar-refractivity contribution is 5.99. The topological polar surface area (TPSA) is 134 Å². The SMILES string of the molecule is CCOC(=O)C1=C(C)NC(C)=C(C(=O)OCCN)C1c1cccc([N+](=O)[O-])c1. The van der Waals surface area contributed by atoms with E-state index in [0.717, 1.165) is 0 Å². The maximum atomic E-state index is 12.7. The van der Waals surface area contributed by atoms with Crippen LogP contribution in [-0.4, -0.2) is 36.6 Å². The minimum absolute atomic E-state index is 0.00864. The first-order valence-corrected chi connectivity index (χ1v) is 8.79. The summed E-state index contributed by atoms with van der Waals surface area (Å²) >= 11 is 0. The Balaban J connectivity index is 2.65. The van der Waals surface area contributed by atoms with Gasteiger partial charge < -0.3 is 20.5 Å². The van der Waals surface area contributed by atoms with Crippen molar-refractivity contribution in [1.29, 1.82) is 0 Å². The Kier molecular flexibility index (Phi) is 6.89. The molecule has 1 unspecified atom stereocenters. The first-order chi connectivity index (χ1) is 13.3. The Labute approximate surface area is 162 Å². The monoisotopic (exact) mass is 389 g/mol. The Morgan fingerprint density at radius 3 is 2.32 bits per heavy atom. The van der Waals surface area contributed by atoms with E-state index < -0.39 is 22.8 Å². The number of nitrogens with zero attached hydrogens (tertiary/aromatic N) is 1. The van der Waals surface area contributed by atoms with Crippen LogP contribution in [0.4, 0.5) is 5.69 Å². The van der Waals surface area contributed by atoms with Crippen LogP contribution in [0, 0.1) is 10.1 Å². The van der Waals surface area contributed by atoms with E-state index in [1.807, 2.05) is 0 Å². The van der Waals surface area contributed by atoms with E-state index in [4.69, 9.17) is 15.2 Å². The minimum atomic E-state index is -0.870. The second-order valence-electron chi connectivity index (χ2n) is 6.13. The van der Waals surface area contributed by atoms with Crippen molar-refractivity contribution >= 4 is 17.6 Å². The first kappa shape index (κ1) is 21.1. The van der Waals surface area contributed by atoms with Gasteiger partial charge in [-0.3, -0.25) is 10.1 Å². The molecule has 0 saturated carbocycles. The van der Waals surface area contributed by atoms with Crippen LogP contribution in [0.1, 0.15) is 32.3 Å². The molecular weight excluding hydrogens is 366 g/mol.